The lowest BCUT2D eigenvalue weighted by molar-refractivity contribution is 0.0697. The number of aromatic carboxylic acids is 1. The Morgan fingerprint density at radius 1 is 1.14 bits per heavy atom. The van der Waals surface area contributed by atoms with Gasteiger partial charge in [0.15, 0.2) is 0 Å². The van der Waals surface area contributed by atoms with Gasteiger partial charge in [-0.3, -0.25) is 0 Å². The number of nitrogens with zero attached hydrogens (tertiary/aromatic N) is 2. The van der Waals surface area contributed by atoms with E-state index in [-0.39, 0.29) is 0 Å². The molecule has 1 aromatic heterocycles. The van der Waals surface area contributed by atoms with Crippen molar-refractivity contribution >= 4 is 11.8 Å². The summed E-state index contributed by atoms with van der Waals surface area (Å²) in [6, 6.07) is 6.89. The van der Waals surface area contributed by atoms with Crippen LogP contribution in [0.15, 0.2) is 30.6 Å². The smallest absolute Gasteiger partial charge is 0.335 e. The summed E-state index contributed by atoms with van der Waals surface area (Å²) in [5.41, 5.74) is 3.72. The minimum absolute atomic E-state index is 0.304. The summed E-state index contributed by atoms with van der Waals surface area (Å²) in [5, 5.41) is 12.2. The molecule has 0 atom stereocenters. The maximum absolute atomic E-state index is 10.8. The topological polar surface area (TPSA) is 75.1 Å². The van der Waals surface area contributed by atoms with Crippen LogP contribution in [0.3, 0.4) is 0 Å². The van der Waals surface area contributed by atoms with E-state index in [9.17, 15) is 4.79 Å². The van der Waals surface area contributed by atoms with Gasteiger partial charge in [-0.2, -0.15) is 0 Å². The molecule has 1 aliphatic carbocycles. The van der Waals surface area contributed by atoms with E-state index in [1.807, 2.05) is 12.1 Å². The van der Waals surface area contributed by atoms with Crippen molar-refractivity contribution in [2.24, 2.45) is 0 Å². The molecule has 1 heterocycles. The van der Waals surface area contributed by atoms with Crippen LogP contribution in [0.2, 0.25) is 0 Å². The molecule has 2 N–H and O–H groups in total. The minimum atomic E-state index is -0.903. The molecule has 5 heteroatoms. The average Bonchev–Trinajstić information content (AvgIpc) is 2.53. The SMILES string of the molecule is O=C(O)c1ccc(CNc2ncnc3c2CCCC3)cc1. The zero-order valence-corrected chi connectivity index (χ0v) is 11.7. The summed E-state index contributed by atoms with van der Waals surface area (Å²) in [7, 11) is 0. The normalized spacial score (nSPS) is 13.5. The fourth-order valence-electron chi connectivity index (χ4n) is 2.62. The Bertz CT molecular complexity index is 653. The Morgan fingerprint density at radius 2 is 1.90 bits per heavy atom. The number of nitrogens with one attached hydrogen (secondary N) is 1. The van der Waals surface area contributed by atoms with Gasteiger partial charge in [0.1, 0.15) is 12.1 Å². The quantitative estimate of drug-likeness (QED) is 0.902. The monoisotopic (exact) mass is 283 g/mol. The number of anilines is 1. The number of hydrogen-bond acceptors (Lipinski definition) is 4. The summed E-state index contributed by atoms with van der Waals surface area (Å²) in [5.74, 6) is 0.00129. The number of fused-ring (bicyclic) bond motifs is 1. The van der Waals surface area contributed by atoms with Gasteiger partial charge in [-0.25, -0.2) is 14.8 Å². The fraction of sp³-hybridized carbons (Fsp3) is 0.312. The molecule has 0 amide bonds. The van der Waals surface area contributed by atoms with Gasteiger partial charge in [0.05, 0.1) is 5.56 Å². The number of aryl methyl sites for hydroxylation is 1. The Labute approximate surface area is 123 Å². The molecule has 0 radical (unpaired) electrons. The van der Waals surface area contributed by atoms with Crippen molar-refractivity contribution < 1.29 is 9.90 Å². The summed E-state index contributed by atoms with van der Waals surface area (Å²) in [4.78, 5) is 19.5. The first kappa shape index (κ1) is 13.5. The van der Waals surface area contributed by atoms with Crippen LogP contribution in [-0.4, -0.2) is 21.0 Å². The predicted octanol–water partition coefficient (Wildman–Crippen LogP) is 2.67. The number of benzene rings is 1. The average molecular weight is 283 g/mol. The largest absolute Gasteiger partial charge is 0.478 e. The molecule has 2 aromatic rings. The lowest BCUT2D eigenvalue weighted by atomic mass is 9.96. The summed E-state index contributed by atoms with van der Waals surface area (Å²) in [6.07, 6.45) is 6.04. The van der Waals surface area contributed by atoms with E-state index < -0.39 is 5.97 Å². The zero-order chi connectivity index (χ0) is 14.7. The van der Waals surface area contributed by atoms with Crippen molar-refractivity contribution in [3.8, 4) is 0 Å². The van der Waals surface area contributed by atoms with Crippen molar-refractivity contribution in [3.05, 3.63) is 53.0 Å². The molecule has 21 heavy (non-hydrogen) atoms. The Morgan fingerprint density at radius 3 is 2.67 bits per heavy atom. The molecule has 0 aliphatic heterocycles. The van der Waals surface area contributed by atoms with E-state index in [0.29, 0.717) is 12.1 Å². The van der Waals surface area contributed by atoms with Crippen molar-refractivity contribution in [1.82, 2.24) is 9.97 Å². The third kappa shape index (κ3) is 3.02. The maximum atomic E-state index is 10.8. The lowest BCUT2D eigenvalue weighted by Crippen LogP contribution is -2.12. The standard InChI is InChI=1S/C16H17N3O2/c20-16(21)12-7-5-11(6-8-12)9-17-15-13-3-1-2-4-14(13)18-10-19-15/h5-8,10H,1-4,9H2,(H,20,21)(H,17,18,19). The van der Waals surface area contributed by atoms with Crippen LogP contribution in [0.4, 0.5) is 5.82 Å². The van der Waals surface area contributed by atoms with Crippen LogP contribution in [0.1, 0.15) is 40.0 Å². The molecule has 5 nitrogen and oxygen atoms in total. The highest BCUT2D eigenvalue weighted by atomic mass is 16.4. The van der Waals surface area contributed by atoms with Gasteiger partial charge >= 0.3 is 5.97 Å². The van der Waals surface area contributed by atoms with Crippen molar-refractivity contribution in [3.63, 3.8) is 0 Å². The van der Waals surface area contributed by atoms with Gasteiger partial charge in [-0.15, -0.1) is 0 Å². The first-order valence-electron chi connectivity index (χ1n) is 7.13. The van der Waals surface area contributed by atoms with E-state index in [0.717, 1.165) is 29.9 Å². The second-order valence-corrected chi connectivity index (χ2v) is 5.21. The highest BCUT2D eigenvalue weighted by Crippen LogP contribution is 2.24. The Kier molecular flexibility index (Phi) is 3.81. The number of rotatable bonds is 4. The van der Waals surface area contributed by atoms with E-state index >= 15 is 0 Å². The van der Waals surface area contributed by atoms with Crippen LogP contribution < -0.4 is 5.32 Å². The first-order chi connectivity index (χ1) is 10.2. The Hall–Kier alpha value is -2.43. The van der Waals surface area contributed by atoms with Gasteiger partial charge < -0.3 is 10.4 Å². The molecule has 3 rings (SSSR count). The molecule has 0 saturated heterocycles. The molecule has 1 aromatic carbocycles. The minimum Gasteiger partial charge on any atom is -0.478 e. The van der Waals surface area contributed by atoms with Crippen LogP contribution in [0, 0.1) is 0 Å². The van der Waals surface area contributed by atoms with Gasteiger partial charge in [-0.05, 0) is 43.4 Å². The molecule has 0 fully saturated rings. The first-order valence-corrected chi connectivity index (χ1v) is 7.13. The number of carboxylic acid groups (broad SMARTS) is 1. The van der Waals surface area contributed by atoms with Gasteiger partial charge in [-0.1, -0.05) is 12.1 Å². The molecule has 1 aliphatic rings. The van der Waals surface area contributed by atoms with Gasteiger partial charge in [0.2, 0.25) is 0 Å². The maximum Gasteiger partial charge on any atom is 0.335 e. The van der Waals surface area contributed by atoms with Crippen LogP contribution in [0.25, 0.3) is 0 Å². The molecular weight excluding hydrogens is 266 g/mol. The zero-order valence-electron chi connectivity index (χ0n) is 11.7. The third-order valence-electron chi connectivity index (χ3n) is 3.79. The number of carbonyl (C=O) groups is 1. The van der Waals surface area contributed by atoms with E-state index in [1.54, 1.807) is 18.5 Å². The second-order valence-electron chi connectivity index (χ2n) is 5.21. The van der Waals surface area contributed by atoms with Crippen molar-refractivity contribution in [1.29, 1.82) is 0 Å². The van der Waals surface area contributed by atoms with Crippen molar-refractivity contribution in [2.45, 2.75) is 32.2 Å². The van der Waals surface area contributed by atoms with E-state index in [2.05, 4.69) is 15.3 Å². The second kappa shape index (κ2) is 5.91. The van der Waals surface area contributed by atoms with E-state index in [1.165, 1.54) is 18.4 Å². The van der Waals surface area contributed by atoms with Crippen molar-refractivity contribution in [2.75, 3.05) is 5.32 Å². The lowest BCUT2D eigenvalue weighted by Gasteiger charge is -2.18. The molecule has 0 saturated carbocycles. The predicted molar refractivity (Wildman–Crippen MR) is 79.4 cm³/mol. The fourth-order valence-corrected chi connectivity index (χ4v) is 2.62. The highest BCUT2D eigenvalue weighted by molar-refractivity contribution is 5.87. The summed E-state index contributed by atoms with van der Waals surface area (Å²) in [6.45, 7) is 0.628. The number of carboxylic acids is 1. The molecule has 0 spiro atoms. The Balaban J connectivity index is 1.71. The highest BCUT2D eigenvalue weighted by Gasteiger charge is 2.15. The molecule has 0 bridgehead atoms. The number of aromatic nitrogens is 2. The van der Waals surface area contributed by atoms with Crippen LogP contribution in [0.5, 0.6) is 0 Å². The van der Waals surface area contributed by atoms with Gasteiger partial charge in [0, 0.05) is 17.8 Å². The molecule has 0 unspecified atom stereocenters. The van der Waals surface area contributed by atoms with Crippen LogP contribution in [-0.2, 0) is 19.4 Å². The molecular formula is C16H17N3O2. The summed E-state index contributed by atoms with van der Waals surface area (Å²) < 4.78 is 0. The molecule has 108 valence electrons. The number of hydrogen-bond donors (Lipinski definition) is 2. The summed E-state index contributed by atoms with van der Waals surface area (Å²) >= 11 is 0. The van der Waals surface area contributed by atoms with Gasteiger partial charge in [0.25, 0.3) is 0 Å². The van der Waals surface area contributed by atoms with E-state index in [4.69, 9.17) is 5.11 Å². The van der Waals surface area contributed by atoms with Crippen LogP contribution >= 0.6 is 0 Å². The third-order valence-corrected chi connectivity index (χ3v) is 3.79.